The highest BCUT2D eigenvalue weighted by Crippen LogP contribution is 2.51. The van der Waals surface area contributed by atoms with Gasteiger partial charge in [0.15, 0.2) is 0 Å². The number of fused-ring (bicyclic) bond motifs is 2. The van der Waals surface area contributed by atoms with Crippen LogP contribution in [0.3, 0.4) is 0 Å². The van der Waals surface area contributed by atoms with Crippen molar-refractivity contribution in [1.29, 1.82) is 0 Å². The summed E-state index contributed by atoms with van der Waals surface area (Å²) in [6.45, 7) is 4.92. The topological polar surface area (TPSA) is 0 Å². The van der Waals surface area contributed by atoms with Crippen molar-refractivity contribution in [2.45, 2.75) is 38.0 Å². The lowest BCUT2D eigenvalue weighted by molar-refractivity contribution is 0.961. The monoisotopic (exact) mass is 374 g/mol. The molecule has 0 spiro atoms. The molecule has 130 valence electrons. The van der Waals surface area contributed by atoms with Gasteiger partial charge in [-0.3, -0.25) is 0 Å². The van der Waals surface area contributed by atoms with Gasteiger partial charge in [-0.1, -0.05) is 86.6 Å². The van der Waals surface area contributed by atoms with Crippen LogP contribution in [0.5, 0.6) is 0 Å². The first-order valence-electron chi connectivity index (χ1n) is 9.57. The molecular formula is C24H24P2. The van der Waals surface area contributed by atoms with Gasteiger partial charge in [-0.25, -0.2) is 0 Å². The van der Waals surface area contributed by atoms with Crippen LogP contribution in [-0.4, -0.2) is 11.3 Å². The van der Waals surface area contributed by atoms with Crippen LogP contribution in [0.2, 0.25) is 0 Å². The number of benzene rings is 3. The average Bonchev–Trinajstić information content (AvgIpc) is 3.17. The fourth-order valence-corrected chi connectivity index (χ4v) is 11.1. The lowest BCUT2D eigenvalue weighted by Crippen LogP contribution is -2.30. The summed E-state index contributed by atoms with van der Waals surface area (Å²) in [4.78, 5) is 0. The van der Waals surface area contributed by atoms with Gasteiger partial charge in [0, 0.05) is 0 Å². The van der Waals surface area contributed by atoms with Crippen LogP contribution < -0.4 is 21.2 Å². The fourth-order valence-electron chi connectivity index (χ4n) is 4.74. The zero-order valence-corrected chi connectivity index (χ0v) is 17.2. The third-order valence-electron chi connectivity index (χ3n) is 5.82. The maximum absolute atomic E-state index is 2.46. The molecular weight excluding hydrogens is 350 g/mol. The van der Waals surface area contributed by atoms with E-state index >= 15 is 0 Å². The standard InChI is InChI=1S/C24H24P2/c1-17-15-19-9-3-5-11-21(19)25(17)23-13-7-8-14-24(23)26-18(2)16-20-10-4-6-12-22(20)26/h3-14,17-18H,15-16H2,1-2H3/t17-,18-,25?,26?/m0/s1. The molecule has 0 amide bonds. The molecule has 26 heavy (non-hydrogen) atoms. The predicted molar refractivity (Wildman–Crippen MR) is 118 cm³/mol. The Hall–Kier alpha value is -1.48. The SMILES string of the molecule is C[C@H]1Cc2ccccc2P1c1ccccc1P1c2ccccc2C[C@@H]1C. The molecule has 2 aliphatic rings. The molecule has 4 atom stereocenters. The number of hydrogen-bond acceptors (Lipinski definition) is 0. The molecule has 2 heteroatoms. The highest BCUT2D eigenvalue weighted by molar-refractivity contribution is 7.80. The summed E-state index contributed by atoms with van der Waals surface area (Å²) in [6, 6.07) is 27.7. The summed E-state index contributed by atoms with van der Waals surface area (Å²) in [7, 11) is -0.493. The van der Waals surface area contributed by atoms with Crippen molar-refractivity contribution >= 4 is 37.1 Å². The van der Waals surface area contributed by atoms with E-state index in [1.54, 1.807) is 32.3 Å². The van der Waals surface area contributed by atoms with E-state index in [1.807, 2.05) is 0 Å². The summed E-state index contributed by atoms with van der Waals surface area (Å²) in [6.07, 6.45) is 2.47. The van der Waals surface area contributed by atoms with Crippen molar-refractivity contribution in [3.63, 3.8) is 0 Å². The Balaban J connectivity index is 1.66. The first-order chi connectivity index (χ1) is 12.7. The summed E-state index contributed by atoms with van der Waals surface area (Å²) in [5, 5.41) is 6.54. The first-order valence-corrected chi connectivity index (χ1v) is 12.4. The molecule has 5 rings (SSSR count). The zero-order chi connectivity index (χ0) is 17.7. The lowest BCUT2D eigenvalue weighted by atomic mass is 10.1. The van der Waals surface area contributed by atoms with Gasteiger partial charge >= 0.3 is 0 Å². The Kier molecular flexibility index (Phi) is 4.23. The normalized spacial score (nSPS) is 26.5. The quantitative estimate of drug-likeness (QED) is 0.582. The summed E-state index contributed by atoms with van der Waals surface area (Å²) >= 11 is 0. The molecule has 3 aromatic rings. The van der Waals surface area contributed by atoms with E-state index in [0.29, 0.717) is 0 Å². The Labute approximate surface area is 159 Å². The smallest absolute Gasteiger partial charge is 0.0112 e. The lowest BCUT2D eigenvalue weighted by Gasteiger charge is -2.27. The van der Waals surface area contributed by atoms with Crippen molar-refractivity contribution in [2.75, 3.05) is 0 Å². The minimum absolute atomic E-state index is 0.246. The van der Waals surface area contributed by atoms with Gasteiger partial charge in [0.05, 0.1) is 0 Å². The minimum Gasteiger partial charge on any atom is -0.0619 e. The van der Waals surface area contributed by atoms with Crippen molar-refractivity contribution in [2.24, 2.45) is 0 Å². The predicted octanol–water partition coefficient (Wildman–Crippen LogP) is 4.44. The molecule has 2 heterocycles. The van der Waals surface area contributed by atoms with E-state index in [-0.39, 0.29) is 15.8 Å². The van der Waals surface area contributed by atoms with Crippen LogP contribution >= 0.6 is 15.8 Å². The minimum atomic E-state index is -0.246. The molecule has 2 aliphatic heterocycles. The molecule has 0 aliphatic carbocycles. The number of rotatable bonds is 2. The van der Waals surface area contributed by atoms with Crippen molar-refractivity contribution < 1.29 is 0 Å². The Bertz CT molecular complexity index is 883. The Morgan fingerprint density at radius 3 is 1.31 bits per heavy atom. The van der Waals surface area contributed by atoms with Gasteiger partial charge in [-0.15, -0.1) is 0 Å². The maximum Gasteiger partial charge on any atom is -0.0112 e. The van der Waals surface area contributed by atoms with E-state index in [2.05, 4.69) is 86.6 Å². The van der Waals surface area contributed by atoms with Crippen molar-refractivity contribution in [1.82, 2.24) is 0 Å². The van der Waals surface area contributed by atoms with E-state index in [4.69, 9.17) is 0 Å². The molecule has 0 fully saturated rings. The molecule has 0 aromatic heterocycles. The maximum atomic E-state index is 2.46. The second-order valence-corrected chi connectivity index (χ2v) is 12.8. The van der Waals surface area contributed by atoms with Gasteiger partial charge in [0.1, 0.15) is 0 Å². The summed E-state index contributed by atoms with van der Waals surface area (Å²) in [5.41, 5.74) is 4.64. The fraction of sp³-hybridized carbons (Fsp3) is 0.250. The van der Waals surface area contributed by atoms with E-state index in [9.17, 15) is 0 Å². The van der Waals surface area contributed by atoms with Crippen LogP contribution in [0.1, 0.15) is 25.0 Å². The first kappa shape index (κ1) is 16.7. The molecule has 0 radical (unpaired) electrons. The molecule has 0 saturated heterocycles. The Morgan fingerprint density at radius 2 is 0.885 bits per heavy atom. The molecule has 2 unspecified atom stereocenters. The van der Waals surface area contributed by atoms with Gasteiger partial charge in [0.25, 0.3) is 0 Å². The van der Waals surface area contributed by atoms with Crippen LogP contribution in [0.15, 0.2) is 72.8 Å². The summed E-state index contributed by atoms with van der Waals surface area (Å²) in [5.74, 6) is 0. The van der Waals surface area contributed by atoms with E-state index in [0.717, 1.165) is 11.3 Å². The largest absolute Gasteiger partial charge is 0.0619 e. The van der Waals surface area contributed by atoms with Crippen molar-refractivity contribution in [3.05, 3.63) is 83.9 Å². The van der Waals surface area contributed by atoms with Gasteiger partial charge in [-0.05, 0) is 72.3 Å². The van der Waals surface area contributed by atoms with E-state index in [1.165, 1.54) is 12.8 Å². The van der Waals surface area contributed by atoms with Gasteiger partial charge in [-0.2, -0.15) is 0 Å². The molecule has 0 bridgehead atoms. The second kappa shape index (κ2) is 6.60. The van der Waals surface area contributed by atoms with Crippen LogP contribution in [0.25, 0.3) is 0 Å². The zero-order valence-electron chi connectivity index (χ0n) is 15.4. The highest BCUT2D eigenvalue weighted by atomic mass is 31.1. The van der Waals surface area contributed by atoms with Crippen molar-refractivity contribution in [3.8, 4) is 0 Å². The molecule has 0 saturated carbocycles. The van der Waals surface area contributed by atoms with Crippen LogP contribution in [0.4, 0.5) is 0 Å². The molecule has 3 aromatic carbocycles. The molecule has 0 nitrogen and oxygen atoms in total. The van der Waals surface area contributed by atoms with Gasteiger partial charge in [0.2, 0.25) is 0 Å². The second-order valence-electron chi connectivity index (χ2n) is 7.59. The number of hydrogen-bond donors (Lipinski definition) is 0. The summed E-state index contributed by atoms with van der Waals surface area (Å²) < 4.78 is 0. The third kappa shape index (κ3) is 2.58. The molecule has 0 N–H and O–H groups in total. The Morgan fingerprint density at radius 1 is 0.538 bits per heavy atom. The van der Waals surface area contributed by atoms with Crippen LogP contribution in [-0.2, 0) is 12.8 Å². The highest BCUT2D eigenvalue weighted by Gasteiger charge is 2.36. The van der Waals surface area contributed by atoms with Crippen LogP contribution in [0, 0.1) is 0 Å². The van der Waals surface area contributed by atoms with Gasteiger partial charge < -0.3 is 0 Å². The third-order valence-corrected chi connectivity index (χ3v) is 11.8. The van der Waals surface area contributed by atoms with E-state index < -0.39 is 0 Å². The average molecular weight is 374 g/mol.